The highest BCUT2D eigenvalue weighted by Crippen LogP contribution is 2.30. The van der Waals surface area contributed by atoms with Crippen LogP contribution < -0.4 is 15.8 Å². The largest absolute Gasteiger partial charge is 0.456 e. The number of hydrogen-bond donors (Lipinski definition) is 2. The molecule has 38 heavy (non-hydrogen) atoms. The van der Waals surface area contributed by atoms with E-state index in [0.717, 1.165) is 22.0 Å². The number of benzene rings is 4. The van der Waals surface area contributed by atoms with Crippen molar-refractivity contribution in [1.82, 2.24) is 14.8 Å². The predicted molar refractivity (Wildman–Crippen MR) is 150 cm³/mol. The highest BCUT2D eigenvalue weighted by Gasteiger charge is 2.20. The van der Waals surface area contributed by atoms with Crippen molar-refractivity contribution in [3.05, 3.63) is 127 Å². The number of nitrogens with zero attached hydrogens (tertiary/aromatic N) is 3. The van der Waals surface area contributed by atoms with Crippen molar-refractivity contribution in [1.29, 1.82) is 0 Å². The minimum atomic E-state index is -0.312. The number of carbonyl (C=O) groups excluding carboxylic acids is 1. The van der Waals surface area contributed by atoms with E-state index in [0.29, 0.717) is 34.1 Å². The van der Waals surface area contributed by atoms with Gasteiger partial charge >= 0.3 is 0 Å². The highest BCUT2D eigenvalue weighted by molar-refractivity contribution is 6.08. The first kappa shape index (κ1) is 23.0. The maximum Gasteiger partial charge on any atom is 0.259 e. The van der Waals surface area contributed by atoms with Gasteiger partial charge in [-0.3, -0.25) is 9.78 Å². The first-order valence-electron chi connectivity index (χ1n) is 12.1. The third-order valence-corrected chi connectivity index (χ3v) is 6.06. The molecule has 7 heteroatoms. The number of rotatable bonds is 6. The number of fused-ring (bicyclic) bond motifs is 1. The molecule has 0 saturated heterocycles. The van der Waals surface area contributed by atoms with Crippen LogP contribution in [0.2, 0.25) is 0 Å². The van der Waals surface area contributed by atoms with Crippen molar-refractivity contribution >= 4 is 28.1 Å². The molecule has 2 aromatic heterocycles. The van der Waals surface area contributed by atoms with E-state index in [-0.39, 0.29) is 5.91 Å². The molecule has 0 saturated carbocycles. The van der Waals surface area contributed by atoms with Crippen molar-refractivity contribution in [2.75, 3.05) is 11.1 Å². The standard InChI is InChI=1S/C31H23N5O2/c32-24-16-25(18-28(17-24)38-27-11-6-14-33-19-27)34-31(37)29-20-36(26-9-2-1-3-10-26)35-30(29)23-13-12-21-7-4-5-8-22(21)15-23/h1-20H,32H2,(H,34,37). The summed E-state index contributed by atoms with van der Waals surface area (Å²) in [6.07, 6.45) is 5.02. The summed E-state index contributed by atoms with van der Waals surface area (Å²) < 4.78 is 7.59. The second kappa shape index (κ2) is 9.91. The van der Waals surface area contributed by atoms with Crippen LogP contribution in [-0.4, -0.2) is 20.7 Å². The monoisotopic (exact) mass is 497 g/mol. The van der Waals surface area contributed by atoms with Crippen LogP contribution >= 0.6 is 0 Å². The fraction of sp³-hybridized carbons (Fsp3) is 0. The SMILES string of the molecule is Nc1cc(NC(=O)c2cn(-c3ccccc3)nc2-c2ccc3ccccc3c2)cc(Oc2cccnc2)c1. The molecule has 0 aliphatic carbocycles. The number of pyridine rings is 1. The summed E-state index contributed by atoms with van der Waals surface area (Å²) in [5.41, 5.74) is 9.78. The molecule has 4 aromatic carbocycles. The number of nitrogen functional groups attached to an aromatic ring is 1. The first-order chi connectivity index (χ1) is 18.6. The Labute approximate surface area is 219 Å². The van der Waals surface area contributed by atoms with Crippen LogP contribution in [-0.2, 0) is 0 Å². The summed E-state index contributed by atoms with van der Waals surface area (Å²) in [6.45, 7) is 0. The third-order valence-electron chi connectivity index (χ3n) is 6.06. The van der Waals surface area contributed by atoms with Crippen molar-refractivity contribution in [3.8, 4) is 28.4 Å². The van der Waals surface area contributed by atoms with Crippen molar-refractivity contribution in [2.45, 2.75) is 0 Å². The zero-order chi connectivity index (χ0) is 25.9. The summed E-state index contributed by atoms with van der Waals surface area (Å²) >= 11 is 0. The molecule has 0 radical (unpaired) electrons. The number of para-hydroxylation sites is 1. The Bertz CT molecular complexity index is 1750. The fourth-order valence-electron chi connectivity index (χ4n) is 4.30. The Morgan fingerprint density at radius 3 is 2.45 bits per heavy atom. The normalized spacial score (nSPS) is 10.8. The van der Waals surface area contributed by atoms with E-state index >= 15 is 0 Å². The summed E-state index contributed by atoms with van der Waals surface area (Å²) in [4.78, 5) is 17.7. The maximum atomic E-state index is 13.6. The lowest BCUT2D eigenvalue weighted by Gasteiger charge is -2.10. The molecule has 0 bridgehead atoms. The van der Waals surface area contributed by atoms with E-state index in [1.165, 1.54) is 0 Å². The number of anilines is 2. The van der Waals surface area contributed by atoms with Gasteiger partial charge in [-0.2, -0.15) is 5.10 Å². The van der Waals surface area contributed by atoms with Gasteiger partial charge in [-0.15, -0.1) is 0 Å². The van der Waals surface area contributed by atoms with Gasteiger partial charge in [0, 0.05) is 41.5 Å². The Balaban J connectivity index is 1.37. The van der Waals surface area contributed by atoms with Gasteiger partial charge in [0.15, 0.2) is 0 Å². The lowest BCUT2D eigenvalue weighted by Crippen LogP contribution is -2.12. The van der Waals surface area contributed by atoms with Crippen LogP contribution in [0.25, 0.3) is 27.7 Å². The van der Waals surface area contributed by atoms with Crippen LogP contribution in [0.15, 0.2) is 122 Å². The number of carbonyl (C=O) groups is 1. The average molecular weight is 498 g/mol. The van der Waals surface area contributed by atoms with Crippen LogP contribution in [0.4, 0.5) is 11.4 Å². The molecule has 3 N–H and O–H groups in total. The molecule has 1 amide bonds. The molecule has 0 unspecified atom stereocenters. The highest BCUT2D eigenvalue weighted by atomic mass is 16.5. The van der Waals surface area contributed by atoms with Gasteiger partial charge in [-0.1, -0.05) is 54.6 Å². The molecule has 0 spiro atoms. The molecule has 0 aliphatic rings. The second-order valence-corrected chi connectivity index (χ2v) is 8.77. The maximum absolute atomic E-state index is 13.6. The van der Waals surface area contributed by atoms with Crippen LogP contribution in [0, 0.1) is 0 Å². The van der Waals surface area contributed by atoms with E-state index < -0.39 is 0 Å². The molecular weight excluding hydrogens is 474 g/mol. The Hall–Kier alpha value is -5.43. The van der Waals surface area contributed by atoms with Gasteiger partial charge in [0.25, 0.3) is 5.91 Å². The van der Waals surface area contributed by atoms with Gasteiger partial charge < -0.3 is 15.8 Å². The molecule has 6 aromatic rings. The zero-order valence-corrected chi connectivity index (χ0v) is 20.3. The van der Waals surface area contributed by atoms with Gasteiger partial charge in [0.1, 0.15) is 17.2 Å². The van der Waals surface area contributed by atoms with E-state index in [1.807, 2.05) is 66.7 Å². The average Bonchev–Trinajstić information content (AvgIpc) is 3.39. The zero-order valence-electron chi connectivity index (χ0n) is 20.3. The number of ether oxygens (including phenoxy) is 1. The molecule has 0 atom stereocenters. The van der Waals surface area contributed by atoms with E-state index in [4.69, 9.17) is 15.6 Å². The molecule has 7 nitrogen and oxygen atoms in total. The van der Waals surface area contributed by atoms with Crippen LogP contribution in [0.5, 0.6) is 11.5 Å². The van der Waals surface area contributed by atoms with Crippen molar-refractivity contribution in [3.63, 3.8) is 0 Å². The van der Waals surface area contributed by atoms with Crippen molar-refractivity contribution in [2.24, 2.45) is 0 Å². The third kappa shape index (κ3) is 4.81. The van der Waals surface area contributed by atoms with Crippen molar-refractivity contribution < 1.29 is 9.53 Å². The molecule has 2 heterocycles. The van der Waals surface area contributed by atoms with Gasteiger partial charge in [-0.05, 0) is 47.2 Å². The lowest BCUT2D eigenvalue weighted by atomic mass is 10.0. The number of amides is 1. The number of nitrogens with two attached hydrogens (primary N) is 1. The summed E-state index contributed by atoms with van der Waals surface area (Å²) in [5, 5.41) is 9.96. The Kier molecular flexibility index (Phi) is 6.00. The second-order valence-electron chi connectivity index (χ2n) is 8.77. The lowest BCUT2D eigenvalue weighted by molar-refractivity contribution is 0.102. The van der Waals surface area contributed by atoms with Gasteiger partial charge in [0.05, 0.1) is 17.4 Å². The summed E-state index contributed by atoms with van der Waals surface area (Å²) in [7, 11) is 0. The number of hydrogen-bond acceptors (Lipinski definition) is 5. The smallest absolute Gasteiger partial charge is 0.259 e. The van der Waals surface area contributed by atoms with Gasteiger partial charge in [-0.25, -0.2) is 4.68 Å². The first-order valence-corrected chi connectivity index (χ1v) is 12.1. The molecule has 0 aliphatic heterocycles. The molecule has 0 fully saturated rings. The number of aromatic nitrogens is 3. The molecule has 184 valence electrons. The Morgan fingerprint density at radius 2 is 1.63 bits per heavy atom. The number of nitrogens with one attached hydrogen (secondary N) is 1. The van der Waals surface area contributed by atoms with E-state index in [2.05, 4.69) is 16.4 Å². The van der Waals surface area contributed by atoms with E-state index in [1.54, 1.807) is 53.6 Å². The topological polar surface area (TPSA) is 95.1 Å². The van der Waals surface area contributed by atoms with Crippen LogP contribution in [0.3, 0.4) is 0 Å². The molecular formula is C31H23N5O2. The van der Waals surface area contributed by atoms with Gasteiger partial charge in [0.2, 0.25) is 0 Å². The minimum Gasteiger partial charge on any atom is -0.456 e. The molecule has 6 rings (SSSR count). The summed E-state index contributed by atoms with van der Waals surface area (Å²) in [5.74, 6) is 0.745. The quantitative estimate of drug-likeness (QED) is 0.249. The summed E-state index contributed by atoms with van der Waals surface area (Å²) in [6, 6.07) is 32.5. The van der Waals surface area contributed by atoms with Crippen LogP contribution in [0.1, 0.15) is 10.4 Å². The fourth-order valence-corrected chi connectivity index (χ4v) is 4.30. The minimum absolute atomic E-state index is 0.312. The van der Waals surface area contributed by atoms with E-state index in [9.17, 15) is 4.79 Å². The predicted octanol–water partition coefficient (Wildman–Crippen LogP) is 6.71. The Morgan fingerprint density at radius 1 is 0.816 bits per heavy atom.